The average Bonchev–Trinajstić information content (AvgIpc) is 3.75. The molecule has 2 aliphatic heterocycles. The molecule has 0 bridgehead atoms. The molecule has 5 nitrogen and oxygen atoms in total. The Morgan fingerprint density at radius 2 is 1.80 bits per heavy atom. The van der Waals surface area contributed by atoms with Crippen LogP contribution in [-0.2, 0) is 16.0 Å². The number of methoxy groups -OCH3 is 1. The van der Waals surface area contributed by atoms with Crippen molar-refractivity contribution in [3.8, 4) is 11.5 Å². The first kappa shape index (κ1) is 29.0. The third-order valence-electron chi connectivity index (χ3n) is 8.88. The number of alkyl halides is 3. The van der Waals surface area contributed by atoms with Crippen molar-refractivity contribution in [3.05, 3.63) is 57.9 Å². The number of halogens is 5. The van der Waals surface area contributed by atoms with Crippen molar-refractivity contribution < 1.29 is 36.6 Å². The number of piperidine rings is 1. The second-order valence-electron chi connectivity index (χ2n) is 11.4. The molecule has 2 heterocycles. The first-order valence-electron chi connectivity index (χ1n) is 13.8. The molecule has 3 aliphatic rings. The van der Waals surface area contributed by atoms with E-state index in [9.17, 15) is 18.0 Å². The molecule has 0 amide bonds. The largest absolute Gasteiger partial charge is 0.573 e. The van der Waals surface area contributed by atoms with Gasteiger partial charge in [-0.05, 0) is 80.7 Å². The molecule has 2 aromatic rings. The summed E-state index contributed by atoms with van der Waals surface area (Å²) >= 11 is 6.12. The number of aryl methyl sites for hydroxylation is 1. The molecule has 3 atom stereocenters. The zero-order valence-electron chi connectivity index (χ0n) is 22.8. The summed E-state index contributed by atoms with van der Waals surface area (Å²) in [4.78, 5) is 14.4. The SMILES string of the molecule is COC(=O)[C@H](C)[C@H](c1ccc2c(c1F)OC1(CC2)CCN([C@H](C)c2cc(Cl)ccc2OC(F)(F)F)CC1)C1CC1. The average molecular weight is 584 g/mol. The predicted octanol–water partition coefficient (Wildman–Crippen LogP) is 7.60. The molecule has 1 saturated heterocycles. The van der Waals surface area contributed by atoms with E-state index >= 15 is 4.39 Å². The number of hydrogen-bond acceptors (Lipinski definition) is 5. The molecule has 0 N–H and O–H groups in total. The molecule has 2 aromatic carbocycles. The quantitative estimate of drug-likeness (QED) is 0.248. The molecule has 218 valence electrons. The van der Waals surface area contributed by atoms with Crippen LogP contribution in [0, 0.1) is 17.7 Å². The van der Waals surface area contributed by atoms with Crippen LogP contribution in [0.5, 0.6) is 11.5 Å². The summed E-state index contributed by atoms with van der Waals surface area (Å²) < 4.78 is 70.8. The maximum atomic E-state index is 16.1. The Labute approximate surface area is 236 Å². The highest BCUT2D eigenvalue weighted by atomic mass is 35.5. The minimum absolute atomic E-state index is 0.238. The van der Waals surface area contributed by atoms with Gasteiger partial charge in [0.15, 0.2) is 11.6 Å². The standard InChI is InChI=1S/C30H34ClF4NO4/c1-17(28(37)38-3)25(19-4-5-19)22-8-6-20-10-11-29(40-27(20)26(22)32)12-14-36(15-13-29)18(2)23-16-21(31)7-9-24(23)39-30(33,34)35/h6-9,16-19,25H,4-5,10-15H2,1-3H3/t17-,18-,25+/m1/s1. The molecule has 0 aromatic heterocycles. The Hall–Kier alpha value is -2.52. The van der Waals surface area contributed by atoms with Gasteiger partial charge in [0.05, 0.1) is 13.0 Å². The topological polar surface area (TPSA) is 48.0 Å². The van der Waals surface area contributed by atoms with Gasteiger partial charge in [-0.15, -0.1) is 13.2 Å². The summed E-state index contributed by atoms with van der Waals surface area (Å²) in [7, 11) is 1.35. The van der Waals surface area contributed by atoms with Crippen LogP contribution in [0.25, 0.3) is 0 Å². The number of ether oxygens (including phenoxy) is 3. The summed E-state index contributed by atoms with van der Waals surface area (Å²) in [6, 6.07) is 7.45. The Morgan fingerprint density at radius 1 is 1.10 bits per heavy atom. The van der Waals surface area contributed by atoms with Crippen LogP contribution < -0.4 is 9.47 Å². The van der Waals surface area contributed by atoms with E-state index in [-0.39, 0.29) is 35.3 Å². The highest BCUT2D eigenvalue weighted by Crippen LogP contribution is 2.50. The highest BCUT2D eigenvalue weighted by molar-refractivity contribution is 6.30. The predicted molar refractivity (Wildman–Crippen MR) is 142 cm³/mol. The van der Waals surface area contributed by atoms with Crippen molar-refractivity contribution in [2.45, 2.75) is 76.3 Å². The van der Waals surface area contributed by atoms with Crippen LogP contribution in [-0.4, -0.2) is 43.0 Å². The first-order valence-corrected chi connectivity index (χ1v) is 14.2. The molecule has 40 heavy (non-hydrogen) atoms. The Kier molecular flexibility index (Phi) is 8.00. The highest BCUT2D eigenvalue weighted by Gasteiger charge is 2.45. The van der Waals surface area contributed by atoms with E-state index in [1.807, 2.05) is 13.0 Å². The summed E-state index contributed by atoms with van der Waals surface area (Å²) in [6.45, 7) is 4.73. The fourth-order valence-electron chi connectivity index (χ4n) is 6.46. The van der Waals surface area contributed by atoms with Crippen molar-refractivity contribution in [1.29, 1.82) is 0 Å². The van der Waals surface area contributed by atoms with Gasteiger partial charge in [0.25, 0.3) is 0 Å². The lowest BCUT2D eigenvalue weighted by atomic mass is 9.79. The maximum absolute atomic E-state index is 16.1. The van der Waals surface area contributed by atoms with E-state index in [1.165, 1.54) is 25.3 Å². The smallest absolute Gasteiger partial charge is 0.484 e. The van der Waals surface area contributed by atoms with Crippen molar-refractivity contribution in [3.63, 3.8) is 0 Å². The van der Waals surface area contributed by atoms with Crippen LogP contribution >= 0.6 is 11.6 Å². The minimum Gasteiger partial charge on any atom is -0.484 e. The molecule has 1 aliphatic carbocycles. The second-order valence-corrected chi connectivity index (χ2v) is 11.8. The molecule has 1 saturated carbocycles. The minimum atomic E-state index is -4.81. The monoisotopic (exact) mass is 583 g/mol. The normalized spacial score (nSPS) is 21.2. The van der Waals surface area contributed by atoms with Crippen molar-refractivity contribution in [2.24, 2.45) is 11.8 Å². The number of carbonyl (C=O) groups excluding carboxylic acids is 1. The summed E-state index contributed by atoms with van der Waals surface area (Å²) in [5, 5.41) is 0.328. The van der Waals surface area contributed by atoms with Crippen LogP contribution in [0.15, 0.2) is 30.3 Å². The zero-order chi connectivity index (χ0) is 28.8. The van der Waals surface area contributed by atoms with E-state index in [0.717, 1.165) is 24.8 Å². The van der Waals surface area contributed by atoms with Gasteiger partial charge in [0, 0.05) is 35.6 Å². The third kappa shape index (κ3) is 5.91. The van der Waals surface area contributed by atoms with Crippen LogP contribution in [0.3, 0.4) is 0 Å². The number of benzene rings is 2. The molecular weight excluding hydrogens is 550 g/mol. The zero-order valence-corrected chi connectivity index (χ0v) is 23.6. The third-order valence-corrected chi connectivity index (χ3v) is 9.12. The number of fused-ring (bicyclic) bond motifs is 1. The first-order chi connectivity index (χ1) is 18.9. The van der Waals surface area contributed by atoms with Gasteiger partial charge in [0.2, 0.25) is 0 Å². The Balaban J connectivity index is 1.33. The molecular formula is C30H34ClF4NO4. The molecule has 10 heteroatoms. The molecule has 0 radical (unpaired) electrons. The number of carbonyl (C=O) groups is 1. The number of rotatable bonds is 7. The van der Waals surface area contributed by atoms with Gasteiger partial charge in [-0.25, -0.2) is 4.39 Å². The van der Waals surface area contributed by atoms with E-state index < -0.39 is 23.7 Å². The molecule has 2 fully saturated rings. The Bertz CT molecular complexity index is 1260. The van der Waals surface area contributed by atoms with Gasteiger partial charge >= 0.3 is 12.3 Å². The van der Waals surface area contributed by atoms with E-state index in [0.29, 0.717) is 48.5 Å². The van der Waals surface area contributed by atoms with Gasteiger partial charge < -0.3 is 14.2 Å². The lowest BCUT2D eigenvalue weighted by Gasteiger charge is -2.46. The summed E-state index contributed by atoms with van der Waals surface area (Å²) in [5.41, 5.74) is 1.11. The second kappa shape index (κ2) is 11.0. The molecule has 0 unspecified atom stereocenters. The van der Waals surface area contributed by atoms with Gasteiger partial charge in [-0.3, -0.25) is 9.69 Å². The van der Waals surface area contributed by atoms with Crippen LogP contribution in [0.4, 0.5) is 17.6 Å². The number of esters is 1. The number of nitrogens with zero attached hydrogens (tertiary/aromatic N) is 1. The summed E-state index contributed by atoms with van der Waals surface area (Å²) in [6.07, 6.45) is -0.324. The molecule has 5 rings (SSSR count). The van der Waals surface area contributed by atoms with Crippen molar-refractivity contribution >= 4 is 17.6 Å². The fraction of sp³-hybridized carbons (Fsp3) is 0.567. The van der Waals surface area contributed by atoms with E-state index in [4.69, 9.17) is 21.1 Å². The van der Waals surface area contributed by atoms with E-state index in [2.05, 4.69) is 9.64 Å². The van der Waals surface area contributed by atoms with Gasteiger partial charge in [-0.1, -0.05) is 30.7 Å². The lowest BCUT2D eigenvalue weighted by molar-refractivity contribution is -0.275. The summed E-state index contributed by atoms with van der Waals surface area (Å²) in [5.74, 6) is -1.25. The number of hydrogen-bond donors (Lipinski definition) is 0. The van der Waals surface area contributed by atoms with Gasteiger partial charge in [0.1, 0.15) is 11.4 Å². The van der Waals surface area contributed by atoms with E-state index in [1.54, 1.807) is 13.0 Å². The Morgan fingerprint density at radius 3 is 2.42 bits per heavy atom. The maximum Gasteiger partial charge on any atom is 0.573 e. The van der Waals surface area contributed by atoms with Crippen molar-refractivity contribution in [1.82, 2.24) is 4.90 Å². The van der Waals surface area contributed by atoms with Crippen LogP contribution in [0.1, 0.15) is 74.6 Å². The number of likely N-dealkylation sites (tertiary alicyclic amines) is 1. The van der Waals surface area contributed by atoms with Gasteiger partial charge in [-0.2, -0.15) is 0 Å². The lowest BCUT2D eigenvalue weighted by Crippen LogP contribution is -2.50. The van der Waals surface area contributed by atoms with Crippen LogP contribution in [0.2, 0.25) is 5.02 Å². The fourth-order valence-corrected chi connectivity index (χ4v) is 6.64. The molecule has 1 spiro atoms. The van der Waals surface area contributed by atoms with Crippen molar-refractivity contribution in [2.75, 3.05) is 20.2 Å².